The largest absolute Gasteiger partial charge is 0.467 e. The number of aliphatic hydroxyl groups is 1. The fourth-order valence-electron chi connectivity index (χ4n) is 4.04. The highest BCUT2D eigenvalue weighted by Crippen LogP contribution is 2.37. The number of aliphatic hydroxyl groups excluding tert-OH is 1. The molecule has 1 aliphatic carbocycles. The van der Waals surface area contributed by atoms with E-state index in [1.807, 2.05) is 0 Å². The summed E-state index contributed by atoms with van der Waals surface area (Å²) in [5.41, 5.74) is 0.935. The van der Waals surface area contributed by atoms with Gasteiger partial charge in [0.1, 0.15) is 6.42 Å². The van der Waals surface area contributed by atoms with E-state index in [0.717, 1.165) is 18.7 Å². The lowest BCUT2D eigenvalue weighted by molar-refractivity contribution is -0.155. The molecule has 27 heavy (non-hydrogen) atoms. The summed E-state index contributed by atoms with van der Waals surface area (Å²) in [5, 5.41) is 12.6. The molecule has 1 aromatic rings. The van der Waals surface area contributed by atoms with Gasteiger partial charge in [0.05, 0.1) is 19.3 Å². The summed E-state index contributed by atoms with van der Waals surface area (Å²) in [4.78, 5) is 21.9. The minimum atomic E-state index is -4.54. The van der Waals surface area contributed by atoms with Crippen molar-refractivity contribution in [2.75, 3.05) is 20.2 Å². The quantitative estimate of drug-likeness (QED) is 0.786. The molecular weight excluding hydrogens is 365 g/mol. The second-order valence-corrected chi connectivity index (χ2v) is 7.30. The number of halogens is 3. The first-order valence-electron chi connectivity index (χ1n) is 8.85. The third-order valence-electron chi connectivity index (χ3n) is 5.20. The third-order valence-corrected chi connectivity index (χ3v) is 5.20. The van der Waals surface area contributed by atoms with Gasteiger partial charge in [-0.3, -0.25) is 9.69 Å². The van der Waals surface area contributed by atoms with Crippen molar-refractivity contribution in [1.82, 2.24) is 20.2 Å². The molecule has 3 rings (SSSR count). The molecular formula is C17H23F3N4O3. The topological polar surface area (TPSA) is 87.6 Å². The molecule has 10 heteroatoms. The Bertz CT molecular complexity index is 656. The van der Waals surface area contributed by atoms with Gasteiger partial charge in [0.25, 0.3) is 0 Å². The van der Waals surface area contributed by atoms with Crippen molar-refractivity contribution in [2.45, 2.75) is 44.1 Å². The number of likely N-dealkylation sites (tertiary alicyclic amines) is 1. The zero-order valence-corrected chi connectivity index (χ0v) is 14.9. The van der Waals surface area contributed by atoms with E-state index in [2.05, 4.69) is 20.2 Å². The van der Waals surface area contributed by atoms with Crippen LogP contribution in [0.15, 0.2) is 12.4 Å². The summed E-state index contributed by atoms with van der Waals surface area (Å²) in [6.07, 6.45) is -2.55. The van der Waals surface area contributed by atoms with E-state index in [-0.39, 0.29) is 11.8 Å². The van der Waals surface area contributed by atoms with Crippen LogP contribution < -0.4 is 10.1 Å². The molecule has 2 N–H and O–H groups in total. The Morgan fingerprint density at radius 1 is 1.30 bits per heavy atom. The van der Waals surface area contributed by atoms with Gasteiger partial charge in [-0.15, -0.1) is 0 Å². The smallest absolute Gasteiger partial charge is 0.397 e. The monoisotopic (exact) mass is 388 g/mol. The molecule has 0 bridgehead atoms. The second-order valence-electron chi connectivity index (χ2n) is 7.30. The van der Waals surface area contributed by atoms with Crippen molar-refractivity contribution in [3.05, 3.63) is 18.0 Å². The number of alkyl halides is 3. The number of amides is 1. The van der Waals surface area contributed by atoms with Crippen LogP contribution >= 0.6 is 0 Å². The van der Waals surface area contributed by atoms with Crippen molar-refractivity contribution in [3.63, 3.8) is 0 Å². The van der Waals surface area contributed by atoms with Crippen molar-refractivity contribution in [1.29, 1.82) is 0 Å². The van der Waals surface area contributed by atoms with Crippen LogP contribution in [0.1, 0.15) is 24.8 Å². The van der Waals surface area contributed by atoms with Gasteiger partial charge in [0, 0.05) is 37.6 Å². The van der Waals surface area contributed by atoms with E-state index < -0.39 is 30.7 Å². The predicted molar refractivity (Wildman–Crippen MR) is 88.7 cm³/mol. The SMILES string of the molecule is COc1ncc(CN2C[C@H]3C[C@H](O)[C@@H](NC(=O)CC(F)(F)F)C[C@H]3C2)cn1. The second kappa shape index (κ2) is 7.97. The normalized spacial score (nSPS) is 28.6. The summed E-state index contributed by atoms with van der Waals surface area (Å²) in [5.74, 6) is -0.603. The van der Waals surface area contributed by atoms with Gasteiger partial charge in [-0.25, -0.2) is 9.97 Å². The highest BCUT2D eigenvalue weighted by Gasteiger charge is 2.42. The van der Waals surface area contributed by atoms with Gasteiger partial charge in [-0.1, -0.05) is 0 Å². The lowest BCUT2D eigenvalue weighted by atomic mass is 9.77. The summed E-state index contributed by atoms with van der Waals surface area (Å²) in [7, 11) is 1.50. The lowest BCUT2D eigenvalue weighted by Gasteiger charge is -2.35. The van der Waals surface area contributed by atoms with E-state index in [1.54, 1.807) is 12.4 Å². The number of methoxy groups -OCH3 is 1. The molecule has 1 aliphatic heterocycles. The number of rotatable bonds is 5. The van der Waals surface area contributed by atoms with E-state index in [4.69, 9.17) is 4.74 Å². The lowest BCUT2D eigenvalue weighted by Crippen LogP contribution is -2.50. The average molecular weight is 388 g/mol. The zero-order valence-electron chi connectivity index (χ0n) is 14.9. The Morgan fingerprint density at radius 3 is 2.52 bits per heavy atom. The number of carbonyl (C=O) groups excluding carboxylic acids is 1. The van der Waals surface area contributed by atoms with Crippen LogP contribution in [0, 0.1) is 11.8 Å². The molecule has 1 saturated carbocycles. The first kappa shape index (κ1) is 19.8. The molecule has 2 fully saturated rings. The van der Waals surface area contributed by atoms with E-state index >= 15 is 0 Å². The minimum Gasteiger partial charge on any atom is -0.467 e. The average Bonchev–Trinajstić information content (AvgIpc) is 2.95. The van der Waals surface area contributed by atoms with Crippen LogP contribution in [-0.2, 0) is 11.3 Å². The summed E-state index contributed by atoms with van der Waals surface area (Å²) < 4.78 is 41.9. The van der Waals surface area contributed by atoms with Crippen LogP contribution in [0.3, 0.4) is 0 Å². The minimum absolute atomic E-state index is 0.226. The molecule has 0 unspecified atom stereocenters. The van der Waals surface area contributed by atoms with Crippen molar-refractivity contribution in [2.24, 2.45) is 11.8 Å². The third kappa shape index (κ3) is 5.29. The number of carbonyl (C=O) groups is 1. The molecule has 0 aromatic carbocycles. The van der Waals surface area contributed by atoms with Gasteiger partial charge >= 0.3 is 12.2 Å². The first-order chi connectivity index (χ1) is 12.7. The number of aromatic nitrogens is 2. The molecule has 0 radical (unpaired) electrons. The molecule has 1 aromatic heterocycles. The highest BCUT2D eigenvalue weighted by atomic mass is 19.4. The van der Waals surface area contributed by atoms with Gasteiger partial charge in [0.2, 0.25) is 5.91 Å². The number of nitrogens with zero attached hydrogens (tertiary/aromatic N) is 3. The number of hydrogen-bond acceptors (Lipinski definition) is 6. The maximum Gasteiger partial charge on any atom is 0.397 e. The Kier molecular flexibility index (Phi) is 5.85. The standard InChI is InChI=1S/C17H23F3N4O3/c1-27-16-21-5-10(6-22-16)7-24-8-11-2-13(14(25)3-12(11)9-24)23-15(26)4-17(18,19)20/h5-6,11-14,25H,2-4,7-9H2,1H3,(H,23,26)/t11-,12+,13-,14-/m0/s1. The van der Waals surface area contributed by atoms with Crippen molar-refractivity contribution < 1.29 is 27.8 Å². The van der Waals surface area contributed by atoms with Crippen LogP contribution in [0.5, 0.6) is 6.01 Å². The molecule has 7 nitrogen and oxygen atoms in total. The van der Waals surface area contributed by atoms with Gasteiger partial charge in [-0.05, 0) is 24.7 Å². The maximum atomic E-state index is 12.3. The molecule has 1 amide bonds. The number of hydrogen-bond donors (Lipinski definition) is 2. The zero-order chi connectivity index (χ0) is 19.6. The van der Waals surface area contributed by atoms with E-state index in [1.165, 1.54) is 7.11 Å². The molecule has 2 heterocycles. The number of nitrogens with one attached hydrogen (secondary N) is 1. The van der Waals surface area contributed by atoms with Crippen LogP contribution in [0.2, 0.25) is 0 Å². The predicted octanol–water partition coefficient (Wildman–Crippen LogP) is 1.13. The Balaban J connectivity index is 1.54. The highest BCUT2D eigenvalue weighted by molar-refractivity contribution is 5.77. The van der Waals surface area contributed by atoms with Gasteiger partial charge < -0.3 is 15.2 Å². The summed E-state index contributed by atoms with van der Waals surface area (Å²) in [6, 6.07) is -0.334. The molecule has 0 spiro atoms. The van der Waals surface area contributed by atoms with Crippen LogP contribution in [-0.4, -0.2) is 64.4 Å². The molecule has 150 valence electrons. The molecule has 1 saturated heterocycles. The molecule has 4 atom stereocenters. The summed E-state index contributed by atoms with van der Waals surface area (Å²) in [6.45, 7) is 2.20. The van der Waals surface area contributed by atoms with Crippen LogP contribution in [0.4, 0.5) is 13.2 Å². The first-order valence-corrected chi connectivity index (χ1v) is 8.85. The van der Waals surface area contributed by atoms with Crippen LogP contribution in [0.25, 0.3) is 0 Å². The Hall–Kier alpha value is -1.94. The van der Waals surface area contributed by atoms with Crippen molar-refractivity contribution >= 4 is 5.91 Å². The fraction of sp³-hybridized carbons (Fsp3) is 0.706. The van der Waals surface area contributed by atoms with Gasteiger partial charge in [0.15, 0.2) is 0 Å². The van der Waals surface area contributed by atoms with E-state index in [9.17, 15) is 23.1 Å². The molecule has 2 aliphatic rings. The van der Waals surface area contributed by atoms with E-state index in [0.29, 0.717) is 25.4 Å². The maximum absolute atomic E-state index is 12.3. The Morgan fingerprint density at radius 2 is 1.93 bits per heavy atom. The number of fused-ring (bicyclic) bond motifs is 1. The fourth-order valence-corrected chi connectivity index (χ4v) is 4.04. The Labute approximate surface area is 154 Å². The summed E-state index contributed by atoms with van der Waals surface area (Å²) >= 11 is 0. The number of ether oxygens (including phenoxy) is 1. The van der Waals surface area contributed by atoms with Crippen molar-refractivity contribution in [3.8, 4) is 6.01 Å². The van der Waals surface area contributed by atoms with Gasteiger partial charge in [-0.2, -0.15) is 13.2 Å².